The fourth-order valence-corrected chi connectivity index (χ4v) is 3.97. The van der Waals surface area contributed by atoms with Crippen molar-refractivity contribution in [2.75, 3.05) is 26.2 Å². The molecule has 0 aromatic carbocycles. The number of rotatable bonds is 6. The van der Waals surface area contributed by atoms with Crippen molar-refractivity contribution < 1.29 is 37.4 Å². The predicted octanol–water partition coefficient (Wildman–Crippen LogP) is 1.22. The van der Waals surface area contributed by atoms with Gasteiger partial charge in [0.2, 0.25) is 11.8 Å². The summed E-state index contributed by atoms with van der Waals surface area (Å²) in [5.41, 5.74) is -0.840. The van der Waals surface area contributed by atoms with E-state index in [1.54, 1.807) is 13.8 Å². The molecule has 1 unspecified atom stereocenters. The van der Waals surface area contributed by atoms with E-state index in [4.69, 9.17) is 9.84 Å². The number of carbonyl (C=O) groups is 3. The molecule has 0 spiro atoms. The van der Waals surface area contributed by atoms with Crippen molar-refractivity contribution in [3.05, 3.63) is 22.8 Å². The molecule has 1 fully saturated rings. The van der Waals surface area contributed by atoms with Crippen LogP contribution >= 0.6 is 0 Å². The Balaban J connectivity index is 1.74. The SMILES string of the molecule is CCc1nc2c(c(C(F)(F)F)n1)CCN(C(=O)CC(CN1C[C@H](C)OCC1=O)NC(=O)O)C2. The molecule has 2 aliphatic heterocycles. The first-order valence-electron chi connectivity index (χ1n) is 10.6. The lowest BCUT2D eigenvalue weighted by atomic mass is 10.0. The van der Waals surface area contributed by atoms with Gasteiger partial charge >= 0.3 is 12.3 Å². The monoisotopic (exact) mass is 473 g/mol. The van der Waals surface area contributed by atoms with Crippen LogP contribution in [-0.4, -0.2) is 81.2 Å². The Labute approximate surface area is 188 Å². The molecule has 3 amide bonds. The van der Waals surface area contributed by atoms with Crippen LogP contribution in [-0.2, 0) is 39.9 Å². The molecule has 10 nitrogen and oxygen atoms in total. The highest BCUT2D eigenvalue weighted by atomic mass is 19.4. The Morgan fingerprint density at radius 2 is 2.06 bits per heavy atom. The number of aryl methyl sites for hydroxylation is 1. The first-order valence-corrected chi connectivity index (χ1v) is 10.6. The molecule has 1 aromatic heterocycles. The summed E-state index contributed by atoms with van der Waals surface area (Å²) < 4.78 is 45.6. The smallest absolute Gasteiger partial charge is 0.433 e. The Morgan fingerprint density at radius 1 is 1.33 bits per heavy atom. The fourth-order valence-electron chi connectivity index (χ4n) is 3.97. The number of alkyl halides is 3. The van der Waals surface area contributed by atoms with Gasteiger partial charge in [-0.1, -0.05) is 6.92 Å². The van der Waals surface area contributed by atoms with E-state index in [0.29, 0.717) is 0 Å². The zero-order chi connectivity index (χ0) is 24.3. The van der Waals surface area contributed by atoms with Crippen molar-refractivity contribution in [1.29, 1.82) is 0 Å². The first kappa shape index (κ1) is 24.7. The Morgan fingerprint density at radius 3 is 2.70 bits per heavy atom. The molecule has 1 aromatic rings. The highest BCUT2D eigenvalue weighted by molar-refractivity contribution is 5.80. The van der Waals surface area contributed by atoms with Crippen LogP contribution in [0, 0.1) is 0 Å². The van der Waals surface area contributed by atoms with E-state index in [2.05, 4.69) is 15.3 Å². The molecular formula is C20H26F3N5O5. The third-order valence-electron chi connectivity index (χ3n) is 5.56. The number of carbonyl (C=O) groups excluding carboxylic acids is 2. The Bertz CT molecular complexity index is 926. The first-order chi connectivity index (χ1) is 15.5. The molecule has 3 heterocycles. The molecule has 3 rings (SSSR count). The predicted molar refractivity (Wildman–Crippen MR) is 107 cm³/mol. The lowest BCUT2D eigenvalue weighted by Gasteiger charge is -2.34. The summed E-state index contributed by atoms with van der Waals surface area (Å²) in [4.78, 5) is 46.9. The van der Waals surface area contributed by atoms with Gasteiger partial charge in [-0.25, -0.2) is 14.8 Å². The van der Waals surface area contributed by atoms with Crippen molar-refractivity contribution >= 4 is 17.9 Å². The van der Waals surface area contributed by atoms with Gasteiger partial charge in [0, 0.05) is 38.0 Å². The molecule has 0 radical (unpaired) electrons. The summed E-state index contributed by atoms with van der Waals surface area (Å²) >= 11 is 0. The number of amides is 3. The lowest BCUT2D eigenvalue weighted by molar-refractivity contribution is -0.149. The summed E-state index contributed by atoms with van der Waals surface area (Å²) in [7, 11) is 0. The molecule has 0 bridgehead atoms. The molecule has 2 atom stereocenters. The second-order valence-corrected chi connectivity index (χ2v) is 8.10. The zero-order valence-corrected chi connectivity index (χ0v) is 18.3. The summed E-state index contributed by atoms with van der Waals surface area (Å²) in [5, 5.41) is 11.4. The van der Waals surface area contributed by atoms with Gasteiger partial charge in [0.05, 0.1) is 24.4 Å². The van der Waals surface area contributed by atoms with Crippen LogP contribution in [0.25, 0.3) is 0 Å². The normalized spacial score (nSPS) is 19.8. The number of nitrogens with one attached hydrogen (secondary N) is 1. The molecule has 13 heteroatoms. The summed E-state index contributed by atoms with van der Waals surface area (Å²) in [5.74, 6) is -0.716. The quantitative estimate of drug-likeness (QED) is 0.636. The van der Waals surface area contributed by atoms with Crippen LogP contribution in [0.15, 0.2) is 0 Å². The maximum absolute atomic E-state index is 13.4. The van der Waals surface area contributed by atoms with Crippen molar-refractivity contribution in [3.63, 3.8) is 0 Å². The third kappa shape index (κ3) is 6.09. The van der Waals surface area contributed by atoms with E-state index in [1.807, 2.05) is 0 Å². The Kier molecular flexibility index (Phi) is 7.40. The number of fused-ring (bicyclic) bond motifs is 1. The molecular weight excluding hydrogens is 447 g/mol. The maximum Gasteiger partial charge on any atom is 0.433 e. The molecule has 182 valence electrons. The number of ether oxygens (including phenoxy) is 1. The van der Waals surface area contributed by atoms with Crippen LogP contribution in [0.1, 0.15) is 43.0 Å². The van der Waals surface area contributed by atoms with Gasteiger partial charge in [-0.15, -0.1) is 0 Å². The van der Waals surface area contributed by atoms with Crippen LogP contribution in [0.4, 0.5) is 18.0 Å². The minimum atomic E-state index is -4.62. The minimum Gasteiger partial charge on any atom is -0.465 e. The highest BCUT2D eigenvalue weighted by Gasteiger charge is 2.39. The number of aromatic nitrogens is 2. The number of halogens is 3. The number of morpholine rings is 1. The molecule has 2 aliphatic rings. The van der Waals surface area contributed by atoms with E-state index in [-0.39, 0.29) is 81.1 Å². The number of hydrogen-bond donors (Lipinski definition) is 2. The van der Waals surface area contributed by atoms with E-state index >= 15 is 0 Å². The van der Waals surface area contributed by atoms with Crippen LogP contribution in [0.3, 0.4) is 0 Å². The minimum absolute atomic E-state index is 0.0168. The van der Waals surface area contributed by atoms with Gasteiger partial charge in [-0.2, -0.15) is 13.2 Å². The number of carboxylic acid groups (broad SMARTS) is 1. The largest absolute Gasteiger partial charge is 0.465 e. The van der Waals surface area contributed by atoms with Gasteiger partial charge in [-0.3, -0.25) is 9.59 Å². The molecule has 1 saturated heterocycles. The summed E-state index contributed by atoms with van der Waals surface area (Å²) in [6.07, 6.45) is -6.30. The van der Waals surface area contributed by atoms with Crippen molar-refractivity contribution in [1.82, 2.24) is 25.1 Å². The van der Waals surface area contributed by atoms with Gasteiger partial charge in [0.25, 0.3) is 0 Å². The molecule has 0 saturated carbocycles. The van der Waals surface area contributed by atoms with E-state index < -0.39 is 29.9 Å². The number of hydrogen-bond acceptors (Lipinski definition) is 6. The summed E-state index contributed by atoms with van der Waals surface area (Å²) in [6, 6.07) is -0.881. The molecule has 0 aliphatic carbocycles. The van der Waals surface area contributed by atoms with E-state index in [0.717, 1.165) is 0 Å². The average molecular weight is 473 g/mol. The zero-order valence-electron chi connectivity index (χ0n) is 18.3. The Hall–Kier alpha value is -2.96. The summed E-state index contributed by atoms with van der Waals surface area (Å²) in [6.45, 7) is 3.44. The van der Waals surface area contributed by atoms with E-state index in [9.17, 15) is 27.6 Å². The van der Waals surface area contributed by atoms with Crippen molar-refractivity contribution in [2.45, 2.75) is 58.0 Å². The van der Waals surface area contributed by atoms with Gasteiger partial charge in [-0.05, 0) is 13.3 Å². The van der Waals surface area contributed by atoms with Crippen LogP contribution in [0.5, 0.6) is 0 Å². The van der Waals surface area contributed by atoms with Gasteiger partial charge in [0.15, 0.2) is 5.69 Å². The molecule has 2 N–H and O–H groups in total. The second kappa shape index (κ2) is 9.89. The topological polar surface area (TPSA) is 125 Å². The van der Waals surface area contributed by atoms with Gasteiger partial charge in [0.1, 0.15) is 12.4 Å². The highest BCUT2D eigenvalue weighted by Crippen LogP contribution is 2.34. The third-order valence-corrected chi connectivity index (χ3v) is 5.56. The van der Waals surface area contributed by atoms with Crippen LogP contribution in [0.2, 0.25) is 0 Å². The van der Waals surface area contributed by atoms with Gasteiger partial charge < -0.3 is 25.0 Å². The van der Waals surface area contributed by atoms with E-state index in [1.165, 1.54) is 9.80 Å². The maximum atomic E-state index is 13.4. The number of nitrogens with zero attached hydrogens (tertiary/aromatic N) is 4. The standard InChI is InChI=1S/C20H26F3N5O5/c1-3-15-25-14-9-27(5-4-13(14)18(26-15)20(21,22)23)16(29)6-12(24-19(31)32)8-28-7-11(2)33-10-17(28)30/h11-12,24H,3-10H2,1-2H3,(H,31,32)/t11-,12?/m0/s1. The average Bonchev–Trinajstić information content (AvgIpc) is 2.73. The van der Waals surface area contributed by atoms with Crippen LogP contribution < -0.4 is 5.32 Å². The fraction of sp³-hybridized carbons (Fsp3) is 0.650. The second-order valence-electron chi connectivity index (χ2n) is 8.10. The molecule has 33 heavy (non-hydrogen) atoms. The lowest BCUT2D eigenvalue weighted by Crippen LogP contribution is -2.53. The van der Waals surface area contributed by atoms with Crippen molar-refractivity contribution in [2.24, 2.45) is 0 Å². The van der Waals surface area contributed by atoms with Crippen molar-refractivity contribution in [3.8, 4) is 0 Å².